The molecule has 2 aromatic heterocycles. The van der Waals surface area contributed by atoms with Gasteiger partial charge in [-0.3, -0.25) is 9.89 Å². The number of nitrogens with zero attached hydrogens (tertiary/aromatic N) is 3. The van der Waals surface area contributed by atoms with Crippen LogP contribution in [0.3, 0.4) is 0 Å². The van der Waals surface area contributed by atoms with Gasteiger partial charge in [-0.25, -0.2) is 4.68 Å². The molecule has 1 aliphatic rings. The van der Waals surface area contributed by atoms with Crippen LogP contribution in [0.4, 0.5) is 13.2 Å². The van der Waals surface area contributed by atoms with Crippen LogP contribution in [0.1, 0.15) is 17.0 Å². The first-order chi connectivity index (χ1) is 12.8. The van der Waals surface area contributed by atoms with Crippen molar-refractivity contribution in [1.29, 1.82) is 0 Å². The van der Waals surface area contributed by atoms with E-state index in [0.717, 1.165) is 28.9 Å². The van der Waals surface area contributed by atoms with Crippen LogP contribution in [-0.4, -0.2) is 32.2 Å². The minimum absolute atomic E-state index is 0.0161. The Labute approximate surface area is 150 Å². The summed E-state index contributed by atoms with van der Waals surface area (Å²) in [5.74, 6) is -0.831. The molecule has 1 amide bonds. The number of aromatic amines is 1. The third-order valence-electron chi connectivity index (χ3n) is 4.32. The van der Waals surface area contributed by atoms with E-state index in [1.165, 1.54) is 24.3 Å². The van der Waals surface area contributed by atoms with Gasteiger partial charge in [0.05, 0.1) is 29.7 Å². The fourth-order valence-corrected chi connectivity index (χ4v) is 3.28. The molecule has 0 bridgehead atoms. The summed E-state index contributed by atoms with van der Waals surface area (Å²) in [5.41, 5.74) is 9.84. The fraction of sp³-hybridized carbons (Fsp3) is 0.235. The Balaban J connectivity index is 1.79. The molecule has 0 saturated carbocycles. The number of ether oxygens (including phenoxy) is 1. The molecular weight excluding hydrogens is 363 g/mol. The standard InChI is InChI=1S/C17H14F3N5O2/c18-17(19,20)27-10-3-1-9(2-4-10)25-16-11(14(24-25)7-15(21)26)5-6-13-12(16)8-22-23-13/h1-4,8H,5-7H2,(H2,21,26)(H,22,23). The number of hydrogen-bond acceptors (Lipinski definition) is 4. The fourth-order valence-electron chi connectivity index (χ4n) is 3.28. The van der Waals surface area contributed by atoms with Crippen molar-refractivity contribution in [1.82, 2.24) is 20.0 Å². The number of benzene rings is 1. The third kappa shape index (κ3) is 3.25. The summed E-state index contributed by atoms with van der Waals surface area (Å²) in [6.07, 6.45) is -1.73. The van der Waals surface area contributed by atoms with Crippen LogP contribution in [-0.2, 0) is 24.1 Å². The van der Waals surface area contributed by atoms with E-state index < -0.39 is 12.3 Å². The number of nitrogens with two attached hydrogens (primary N) is 1. The summed E-state index contributed by atoms with van der Waals surface area (Å²) in [6.45, 7) is 0. The number of H-pyrrole nitrogens is 1. The number of amides is 1. The number of alkyl halides is 3. The van der Waals surface area contributed by atoms with Crippen LogP contribution in [0.5, 0.6) is 5.75 Å². The second-order valence-corrected chi connectivity index (χ2v) is 6.13. The second kappa shape index (κ2) is 6.15. The van der Waals surface area contributed by atoms with Gasteiger partial charge in [-0.05, 0) is 37.1 Å². The molecule has 1 aliphatic carbocycles. The molecule has 3 N–H and O–H groups in total. The van der Waals surface area contributed by atoms with Gasteiger partial charge in [0.15, 0.2) is 0 Å². The summed E-state index contributed by atoms with van der Waals surface area (Å²) in [7, 11) is 0. The number of hydrogen-bond donors (Lipinski definition) is 2. The maximum Gasteiger partial charge on any atom is 0.573 e. The Morgan fingerprint density at radius 2 is 2.00 bits per heavy atom. The summed E-state index contributed by atoms with van der Waals surface area (Å²) in [6, 6.07) is 5.36. The largest absolute Gasteiger partial charge is 0.573 e. The van der Waals surface area contributed by atoms with Crippen LogP contribution in [0.25, 0.3) is 16.9 Å². The molecular formula is C17H14F3N5O2. The first-order valence-electron chi connectivity index (χ1n) is 8.09. The molecule has 7 nitrogen and oxygen atoms in total. The highest BCUT2D eigenvalue weighted by molar-refractivity contribution is 5.79. The van der Waals surface area contributed by atoms with Crippen LogP contribution in [0, 0.1) is 0 Å². The molecule has 27 heavy (non-hydrogen) atoms. The molecule has 0 saturated heterocycles. The average Bonchev–Trinajstić information content (AvgIpc) is 3.18. The van der Waals surface area contributed by atoms with E-state index in [2.05, 4.69) is 20.0 Å². The van der Waals surface area contributed by atoms with Crippen molar-refractivity contribution in [2.24, 2.45) is 5.73 Å². The predicted octanol–water partition coefficient (Wildman–Crippen LogP) is 2.29. The number of fused-ring (bicyclic) bond motifs is 3. The van der Waals surface area contributed by atoms with Crippen LogP contribution >= 0.6 is 0 Å². The number of carbonyl (C=O) groups excluding carboxylic acids is 1. The van der Waals surface area contributed by atoms with Gasteiger partial charge < -0.3 is 10.5 Å². The minimum atomic E-state index is -4.76. The topological polar surface area (TPSA) is 98.8 Å². The van der Waals surface area contributed by atoms with Gasteiger partial charge in [0.25, 0.3) is 0 Å². The molecule has 0 radical (unpaired) electrons. The van der Waals surface area contributed by atoms with Crippen molar-refractivity contribution in [3.05, 3.63) is 47.4 Å². The van der Waals surface area contributed by atoms with E-state index in [9.17, 15) is 18.0 Å². The zero-order valence-electron chi connectivity index (χ0n) is 13.9. The number of aryl methyl sites for hydroxylation is 1. The number of carbonyl (C=O) groups is 1. The van der Waals surface area contributed by atoms with Crippen LogP contribution in [0.15, 0.2) is 30.5 Å². The molecule has 2 heterocycles. The van der Waals surface area contributed by atoms with Gasteiger partial charge in [-0.1, -0.05) is 0 Å². The van der Waals surface area contributed by atoms with Crippen molar-refractivity contribution >= 4 is 5.91 Å². The molecule has 0 unspecified atom stereocenters. The van der Waals surface area contributed by atoms with E-state index in [0.29, 0.717) is 17.8 Å². The molecule has 1 aromatic carbocycles. The lowest BCUT2D eigenvalue weighted by atomic mass is 9.93. The van der Waals surface area contributed by atoms with Crippen LogP contribution < -0.4 is 10.5 Å². The Kier molecular flexibility index (Phi) is 3.90. The van der Waals surface area contributed by atoms with E-state index in [-0.39, 0.29) is 12.2 Å². The molecule has 0 aliphatic heterocycles. The van der Waals surface area contributed by atoms with Gasteiger partial charge in [-0.2, -0.15) is 10.2 Å². The lowest BCUT2D eigenvalue weighted by Gasteiger charge is -2.15. The SMILES string of the molecule is NC(=O)Cc1nn(-c2ccc(OC(F)(F)F)cc2)c2c1CCc1[nH]ncc1-2. The highest BCUT2D eigenvalue weighted by Crippen LogP contribution is 2.36. The number of primary amides is 1. The number of aromatic nitrogens is 4. The summed E-state index contributed by atoms with van der Waals surface area (Å²) < 4.78 is 42.5. The molecule has 0 atom stereocenters. The monoisotopic (exact) mass is 377 g/mol. The van der Waals surface area contributed by atoms with Gasteiger partial charge in [0, 0.05) is 16.8 Å². The molecule has 3 aromatic rings. The lowest BCUT2D eigenvalue weighted by Crippen LogP contribution is -2.17. The predicted molar refractivity (Wildman–Crippen MR) is 88.1 cm³/mol. The zero-order chi connectivity index (χ0) is 19.2. The zero-order valence-corrected chi connectivity index (χ0v) is 13.9. The average molecular weight is 377 g/mol. The van der Waals surface area contributed by atoms with Crippen molar-refractivity contribution in [2.45, 2.75) is 25.6 Å². The maximum atomic E-state index is 12.4. The minimum Gasteiger partial charge on any atom is -0.406 e. The highest BCUT2D eigenvalue weighted by Gasteiger charge is 2.31. The normalized spacial score (nSPS) is 13.1. The summed E-state index contributed by atoms with van der Waals surface area (Å²) in [4.78, 5) is 11.4. The first-order valence-corrected chi connectivity index (χ1v) is 8.09. The first kappa shape index (κ1) is 17.1. The van der Waals surface area contributed by atoms with Gasteiger partial charge in [-0.15, -0.1) is 13.2 Å². The Morgan fingerprint density at radius 3 is 2.67 bits per heavy atom. The maximum absolute atomic E-state index is 12.4. The van der Waals surface area contributed by atoms with Gasteiger partial charge in [0.2, 0.25) is 5.91 Å². The third-order valence-corrected chi connectivity index (χ3v) is 4.32. The molecule has 10 heteroatoms. The smallest absolute Gasteiger partial charge is 0.406 e. The van der Waals surface area contributed by atoms with Crippen molar-refractivity contribution in [2.75, 3.05) is 0 Å². The van der Waals surface area contributed by atoms with E-state index in [1.54, 1.807) is 10.9 Å². The summed E-state index contributed by atoms with van der Waals surface area (Å²) in [5, 5.41) is 11.5. The van der Waals surface area contributed by atoms with E-state index in [4.69, 9.17) is 5.73 Å². The number of rotatable bonds is 4. The molecule has 140 valence electrons. The molecule has 0 spiro atoms. The van der Waals surface area contributed by atoms with E-state index in [1.807, 2.05) is 0 Å². The van der Waals surface area contributed by atoms with Crippen molar-refractivity contribution in [3.8, 4) is 22.7 Å². The highest BCUT2D eigenvalue weighted by atomic mass is 19.4. The Morgan fingerprint density at radius 1 is 1.26 bits per heavy atom. The second-order valence-electron chi connectivity index (χ2n) is 6.13. The van der Waals surface area contributed by atoms with E-state index >= 15 is 0 Å². The number of halogens is 3. The van der Waals surface area contributed by atoms with Gasteiger partial charge in [0.1, 0.15) is 5.75 Å². The molecule has 4 rings (SSSR count). The van der Waals surface area contributed by atoms with Crippen molar-refractivity contribution in [3.63, 3.8) is 0 Å². The Bertz CT molecular complexity index is 1000. The molecule has 0 fully saturated rings. The summed E-state index contributed by atoms with van der Waals surface area (Å²) >= 11 is 0. The number of nitrogens with one attached hydrogen (secondary N) is 1. The lowest BCUT2D eigenvalue weighted by molar-refractivity contribution is -0.274. The Hall–Kier alpha value is -3.30. The quantitative estimate of drug-likeness (QED) is 0.729. The van der Waals surface area contributed by atoms with Crippen molar-refractivity contribution < 1.29 is 22.7 Å². The van der Waals surface area contributed by atoms with Crippen LogP contribution in [0.2, 0.25) is 0 Å². The van der Waals surface area contributed by atoms with Gasteiger partial charge >= 0.3 is 6.36 Å².